The van der Waals surface area contributed by atoms with Gasteiger partial charge in [-0.25, -0.2) is 34.6 Å². The molecule has 0 bridgehead atoms. The molecule has 1 amide bonds. The first-order valence-electron chi connectivity index (χ1n) is 13.5. The molecule has 10 nitrogen and oxygen atoms in total. The molecule has 0 fully saturated rings. The van der Waals surface area contributed by atoms with Crippen molar-refractivity contribution in [1.29, 1.82) is 0 Å². The Morgan fingerprint density at radius 1 is 1.09 bits per heavy atom. The molecule has 1 aliphatic rings. The highest BCUT2D eigenvalue weighted by Crippen LogP contribution is 2.33. The maximum atomic E-state index is 15.2. The average molecular weight is 630 g/mol. The predicted molar refractivity (Wildman–Crippen MR) is 161 cm³/mol. The van der Waals surface area contributed by atoms with Crippen LogP contribution in [0.4, 0.5) is 20.2 Å². The van der Waals surface area contributed by atoms with Gasteiger partial charge in [0.25, 0.3) is 15.9 Å². The fourth-order valence-electron chi connectivity index (χ4n) is 4.90. The van der Waals surface area contributed by atoms with Gasteiger partial charge in [0.2, 0.25) is 10.0 Å². The molecular weight excluding hydrogens is 600 g/mol. The number of carbonyl (C=O) groups excluding carboxylic acids is 1. The van der Waals surface area contributed by atoms with Gasteiger partial charge in [0.1, 0.15) is 11.4 Å². The van der Waals surface area contributed by atoms with Gasteiger partial charge >= 0.3 is 0 Å². The van der Waals surface area contributed by atoms with Crippen LogP contribution in [0.2, 0.25) is 0 Å². The van der Waals surface area contributed by atoms with E-state index in [-0.39, 0.29) is 34.4 Å². The Morgan fingerprint density at radius 2 is 1.84 bits per heavy atom. The minimum Gasteiger partial charge on any atom is -0.320 e. The second-order valence-corrected chi connectivity index (χ2v) is 13.8. The molecule has 0 saturated heterocycles. The van der Waals surface area contributed by atoms with Crippen molar-refractivity contribution in [3.05, 3.63) is 89.8 Å². The van der Waals surface area contributed by atoms with E-state index in [0.29, 0.717) is 24.0 Å². The van der Waals surface area contributed by atoms with Crippen molar-refractivity contribution in [2.75, 3.05) is 22.3 Å². The van der Waals surface area contributed by atoms with Crippen molar-refractivity contribution in [2.45, 2.75) is 37.6 Å². The minimum atomic E-state index is -4.08. The molecule has 1 unspecified atom stereocenters. The first-order valence-corrected chi connectivity index (χ1v) is 16.5. The Kier molecular flexibility index (Phi) is 8.36. The number of nitrogens with one attached hydrogen (secondary N) is 3. The number of anilines is 2. The SMILES string of the molecule is CCCS(=O)(=O)Nc1ccc(F)c(C(=O)Nc2cnc3c(c2)cc(C2=CCNC(C)C2)n3S(=O)(=O)c2ccccc2)c1F. The van der Waals surface area contributed by atoms with E-state index in [4.69, 9.17) is 0 Å². The maximum absolute atomic E-state index is 15.2. The molecule has 3 heterocycles. The summed E-state index contributed by atoms with van der Waals surface area (Å²) in [6.45, 7) is 4.16. The molecule has 2 aromatic heterocycles. The lowest BCUT2D eigenvalue weighted by molar-refractivity contribution is 0.101. The zero-order chi connectivity index (χ0) is 30.9. The number of fused-ring (bicyclic) bond motifs is 1. The van der Waals surface area contributed by atoms with Gasteiger partial charge in [0.05, 0.1) is 33.9 Å². The first-order chi connectivity index (χ1) is 20.4. The van der Waals surface area contributed by atoms with Crippen LogP contribution in [0, 0.1) is 11.6 Å². The van der Waals surface area contributed by atoms with E-state index < -0.39 is 48.8 Å². The Morgan fingerprint density at radius 3 is 2.53 bits per heavy atom. The fourth-order valence-corrected chi connectivity index (χ4v) is 7.55. The summed E-state index contributed by atoms with van der Waals surface area (Å²) in [4.78, 5) is 17.4. The van der Waals surface area contributed by atoms with Gasteiger partial charge < -0.3 is 10.6 Å². The first kappa shape index (κ1) is 30.3. The zero-order valence-corrected chi connectivity index (χ0v) is 24.9. The molecule has 1 aliphatic heterocycles. The molecule has 14 heteroatoms. The van der Waals surface area contributed by atoms with Crippen LogP contribution in [0.1, 0.15) is 42.7 Å². The van der Waals surface area contributed by atoms with E-state index in [1.54, 1.807) is 31.2 Å². The lowest BCUT2D eigenvalue weighted by Gasteiger charge is -2.22. The van der Waals surface area contributed by atoms with Crippen LogP contribution in [-0.2, 0) is 20.0 Å². The topological polar surface area (TPSA) is 139 Å². The number of benzene rings is 2. The van der Waals surface area contributed by atoms with Crippen LogP contribution >= 0.6 is 0 Å². The number of hydrogen-bond acceptors (Lipinski definition) is 7. The Labute approximate surface area is 247 Å². The summed E-state index contributed by atoms with van der Waals surface area (Å²) in [5.41, 5.74) is -0.204. The molecule has 226 valence electrons. The second-order valence-electron chi connectivity index (χ2n) is 10.2. The van der Waals surface area contributed by atoms with E-state index in [1.807, 2.05) is 17.7 Å². The molecule has 43 heavy (non-hydrogen) atoms. The van der Waals surface area contributed by atoms with Crippen LogP contribution in [-0.4, -0.2) is 50.0 Å². The number of nitrogens with zero attached hydrogens (tertiary/aromatic N) is 2. The van der Waals surface area contributed by atoms with Gasteiger partial charge in [-0.05, 0) is 61.7 Å². The third-order valence-electron chi connectivity index (χ3n) is 6.86. The van der Waals surface area contributed by atoms with Crippen molar-refractivity contribution in [2.24, 2.45) is 0 Å². The molecule has 3 N–H and O–H groups in total. The smallest absolute Gasteiger partial charge is 0.269 e. The van der Waals surface area contributed by atoms with E-state index in [9.17, 15) is 26.0 Å². The molecule has 0 aliphatic carbocycles. The summed E-state index contributed by atoms with van der Waals surface area (Å²) < 4.78 is 84.9. The lowest BCUT2D eigenvalue weighted by Crippen LogP contribution is -2.30. The third-order valence-corrected chi connectivity index (χ3v) is 10.1. The summed E-state index contributed by atoms with van der Waals surface area (Å²) in [5.74, 6) is -4.04. The number of pyridine rings is 1. The highest BCUT2D eigenvalue weighted by molar-refractivity contribution is 7.92. The Bertz CT molecular complexity index is 1960. The second kappa shape index (κ2) is 11.9. The van der Waals surface area contributed by atoms with Crippen LogP contribution in [0.25, 0.3) is 16.6 Å². The average Bonchev–Trinajstić information content (AvgIpc) is 3.35. The van der Waals surface area contributed by atoms with Gasteiger partial charge in [0, 0.05) is 18.0 Å². The standard InChI is InChI=1S/C29H29F2N5O5S2/c1-3-13-42(38,39)35-24-10-9-23(30)26(27(24)31)29(37)34-21-15-20-16-25(19-11-12-32-18(2)14-19)36(28(20)33-17-21)43(40,41)22-7-5-4-6-8-22/h4-11,15-18,32,35H,3,12-14H2,1-2H3,(H,34,37). The summed E-state index contributed by atoms with van der Waals surface area (Å²) in [6, 6.07) is 12.8. The third kappa shape index (κ3) is 6.17. The lowest BCUT2D eigenvalue weighted by atomic mass is 10.0. The fraction of sp³-hybridized carbons (Fsp3) is 0.241. The van der Waals surface area contributed by atoms with Crippen molar-refractivity contribution in [3.63, 3.8) is 0 Å². The number of amides is 1. The molecule has 1 atom stereocenters. The normalized spacial score (nSPS) is 15.7. The Hall–Kier alpha value is -4.14. The van der Waals surface area contributed by atoms with E-state index >= 15 is 4.39 Å². The van der Waals surface area contributed by atoms with Gasteiger partial charge in [0.15, 0.2) is 11.5 Å². The highest BCUT2D eigenvalue weighted by atomic mass is 32.2. The number of carbonyl (C=O) groups is 1. The minimum absolute atomic E-state index is 0.0433. The van der Waals surface area contributed by atoms with Crippen molar-refractivity contribution in [3.8, 4) is 0 Å². The van der Waals surface area contributed by atoms with Crippen molar-refractivity contribution < 1.29 is 30.4 Å². The van der Waals surface area contributed by atoms with Crippen molar-refractivity contribution in [1.82, 2.24) is 14.3 Å². The molecule has 0 spiro atoms. The Balaban J connectivity index is 1.55. The molecule has 0 radical (unpaired) electrons. The monoisotopic (exact) mass is 629 g/mol. The number of hydrogen-bond donors (Lipinski definition) is 3. The van der Waals surface area contributed by atoms with Crippen LogP contribution in [0.3, 0.4) is 0 Å². The molecule has 4 aromatic rings. The largest absolute Gasteiger partial charge is 0.320 e. The number of aromatic nitrogens is 2. The number of sulfonamides is 1. The number of rotatable bonds is 9. The zero-order valence-electron chi connectivity index (χ0n) is 23.3. The van der Waals surface area contributed by atoms with E-state index in [2.05, 4.69) is 15.6 Å². The van der Waals surface area contributed by atoms with E-state index in [0.717, 1.165) is 17.7 Å². The van der Waals surface area contributed by atoms with Crippen molar-refractivity contribution >= 4 is 53.9 Å². The molecular formula is C29H29F2N5O5S2. The van der Waals surface area contributed by atoms with E-state index in [1.165, 1.54) is 28.4 Å². The predicted octanol–water partition coefficient (Wildman–Crippen LogP) is 4.72. The summed E-state index contributed by atoms with van der Waals surface area (Å²) in [5, 5.41) is 6.04. The summed E-state index contributed by atoms with van der Waals surface area (Å²) >= 11 is 0. The van der Waals surface area contributed by atoms with Crippen LogP contribution < -0.4 is 15.4 Å². The number of halogens is 2. The van der Waals surface area contributed by atoms with Gasteiger partial charge in [-0.2, -0.15) is 0 Å². The summed E-state index contributed by atoms with van der Waals surface area (Å²) in [7, 11) is -7.99. The summed E-state index contributed by atoms with van der Waals surface area (Å²) in [6.07, 6.45) is 3.91. The molecule has 0 saturated carbocycles. The van der Waals surface area contributed by atoms with Crippen LogP contribution in [0.5, 0.6) is 0 Å². The quantitative estimate of drug-likeness (QED) is 0.244. The molecule has 5 rings (SSSR count). The van der Waals surface area contributed by atoms with Crippen LogP contribution in [0.15, 0.2) is 71.8 Å². The molecule has 2 aromatic carbocycles. The highest BCUT2D eigenvalue weighted by Gasteiger charge is 2.28. The maximum Gasteiger partial charge on any atom is 0.269 e. The van der Waals surface area contributed by atoms with Gasteiger partial charge in [-0.15, -0.1) is 0 Å². The van der Waals surface area contributed by atoms with Gasteiger partial charge in [-0.1, -0.05) is 31.2 Å². The van der Waals surface area contributed by atoms with Gasteiger partial charge in [-0.3, -0.25) is 9.52 Å².